The van der Waals surface area contributed by atoms with Gasteiger partial charge in [0.25, 0.3) is 0 Å². The second-order valence-corrected chi connectivity index (χ2v) is 12.8. The van der Waals surface area contributed by atoms with E-state index in [1.54, 1.807) is 20.8 Å². The Morgan fingerprint density at radius 2 is 2.02 bits per heavy atom. The van der Waals surface area contributed by atoms with Crippen molar-refractivity contribution in [3.05, 3.63) is 40.7 Å². The van der Waals surface area contributed by atoms with E-state index in [-0.39, 0.29) is 68.8 Å². The molecule has 0 aliphatic carbocycles. The average molecular weight is 609 g/mol. The smallest absolute Gasteiger partial charge is 0.412 e. The number of rotatable bonds is 5. The predicted octanol–water partition coefficient (Wildman–Crippen LogP) is 6.30. The van der Waals surface area contributed by atoms with Gasteiger partial charge in [-0.3, -0.25) is 15.2 Å². The molecule has 0 unspecified atom stereocenters. The number of fused-ring (bicyclic) bond motifs is 4. The number of nitriles is 1. The molecule has 13 heteroatoms. The summed E-state index contributed by atoms with van der Waals surface area (Å²) in [6.07, 6.45) is 3.53. The van der Waals surface area contributed by atoms with Crippen LogP contribution in [-0.4, -0.2) is 57.3 Å². The standard InChI is InChI=1S/C30H30F2N6O4S/c1-14(20-7-6-8-38(20)5)41-28-35-10-16-17-12-40-13-18(17)21(23(32)24(16)36-28)25-22-15(9-33)27(37-29(39)42-30(2,3)4)43-26(22)19(31)11-34-25/h10-11,14,20H,6-8,12-13H2,1-5H3,(H,37,39)/t14-,20-/m0/s1. The van der Waals surface area contributed by atoms with Gasteiger partial charge >= 0.3 is 12.1 Å². The molecular weight excluding hydrogens is 578 g/mol. The minimum absolute atomic E-state index is 0.0105. The normalized spacial score (nSPS) is 17.7. The molecule has 1 N–H and O–H groups in total. The van der Waals surface area contributed by atoms with Gasteiger partial charge in [0.15, 0.2) is 11.6 Å². The molecule has 0 radical (unpaired) electrons. The van der Waals surface area contributed by atoms with E-state index >= 15 is 8.78 Å². The van der Waals surface area contributed by atoms with Crippen molar-refractivity contribution in [3.8, 4) is 23.3 Å². The van der Waals surface area contributed by atoms with Gasteiger partial charge in [-0.05, 0) is 65.3 Å². The molecule has 224 valence electrons. The maximum absolute atomic E-state index is 16.6. The van der Waals surface area contributed by atoms with Crippen LogP contribution in [0.15, 0.2) is 12.4 Å². The number of carbonyl (C=O) groups is 1. The van der Waals surface area contributed by atoms with Crippen LogP contribution < -0.4 is 10.1 Å². The Hall–Kier alpha value is -3.99. The Labute approximate surface area is 250 Å². The van der Waals surface area contributed by atoms with Crippen LogP contribution in [0.25, 0.3) is 32.2 Å². The first-order valence-corrected chi connectivity index (χ1v) is 14.7. The second-order valence-electron chi connectivity index (χ2n) is 11.8. The number of amides is 1. The molecule has 4 aromatic rings. The SMILES string of the molecule is C[C@H](Oc1ncc2c3c(c(-c4ncc(F)c5sc(NC(=O)OC(C)(C)C)c(C#N)c45)c(F)c2n1)COC3)[C@@H]1CCCN1C. The fourth-order valence-corrected chi connectivity index (χ4v) is 6.86. The molecule has 2 aliphatic rings. The molecule has 0 saturated carbocycles. The van der Waals surface area contributed by atoms with Crippen molar-refractivity contribution in [1.82, 2.24) is 19.9 Å². The van der Waals surface area contributed by atoms with Crippen LogP contribution in [0.4, 0.5) is 18.6 Å². The van der Waals surface area contributed by atoms with Crippen molar-refractivity contribution in [1.29, 1.82) is 5.26 Å². The molecule has 1 amide bonds. The van der Waals surface area contributed by atoms with Gasteiger partial charge in [0.1, 0.15) is 28.3 Å². The molecule has 1 aromatic carbocycles. The van der Waals surface area contributed by atoms with Crippen LogP contribution in [0, 0.1) is 23.0 Å². The fourth-order valence-electron chi connectivity index (χ4n) is 5.83. The molecule has 0 bridgehead atoms. The maximum Gasteiger partial charge on any atom is 0.412 e. The van der Waals surface area contributed by atoms with Gasteiger partial charge in [-0.1, -0.05) is 0 Å². The summed E-state index contributed by atoms with van der Waals surface area (Å²) in [5, 5.41) is 13.3. The maximum atomic E-state index is 16.6. The second kappa shape index (κ2) is 10.9. The summed E-state index contributed by atoms with van der Waals surface area (Å²) in [6, 6.07) is 2.27. The zero-order valence-corrected chi connectivity index (χ0v) is 25.2. The van der Waals surface area contributed by atoms with Crippen LogP contribution in [0.5, 0.6) is 6.01 Å². The number of aromatic nitrogens is 3. The number of ether oxygens (including phenoxy) is 3. The Morgan fingerprint density at radius 3 is 2.72 bits per heavy atom. The minimum atomic E-state index is -0.807. The summed E-state index contributed by atoms with van der Waals surface area (Å²) < 4.78 is 48.9. The number of carbonyl (C=O) groups excluding carboxylic acids is 1. The van der Waals surface area contributed by atoms with Crippen molar-refractivity contribution in [2.24, 2.45) is 0 Å². The van der Waals surface area contributed by atoms with Crippen LogP contribution in [0.2, 0.25) is 0 Å². The molecule has 1 saturated heterocycles. The highest BCUT2D eigenvalue weighted by molar-refractivity contribution is 7.23. The third kappa shape index (κ3) is 5.24. The topological polar surface area (TPSA) is 122 Å². The lowest BCUT2D eigenvalue weighted by Gasteiger charge is -2.25. The zero-order valence-electron chi connectivity index (χ0n) is 24.4. The van der Waals surface area contributed by atoms with E-state index in [1.807, 2.05) is 20.0 Å². The van der Waals surface area contributed by atoms with Crippen molar-refractivity contribution < 1.29 is 27.8 Å². The molecule has 10 nitrogen and oxygen atoms in total. The molecule has 2 atom stereocenters. The number of pyridine rings is 1. The van der Waals surface area contributed by atoms with Crippen LogP contribution in [-0.2, 0) is 22.7 Å². The van der Waals surface area contributed by atoms with E-state index in [1.165, 1.54) is 6.20 Å². The summed E-state index contributed by atoms with van der Waals surface area (Å²) in [7, 11) is 2.04. The number of nitrogens with zero attached hydrogens (tertiary/aromatic N) is 5. The van der Waals surface area contributed by atoms with Gasteiger partial charge in [-0.15, -0.1) is 11.3 Å². The molecule has 0 spiro atoms. The van der Waals surface area contributed by atoms with Gasteiger partial charge in [0.2, 0.25) is 0 Å². The first kappa shape index (κ1) is 29.1. The minimum Gasteiger partial charge on any atom is -0.459 e. The molecule has 5 heterocycles. The Kier molecular flexibility index (Phi) is 7.40. The summed E-state index contributed by atoms with van der Waals surface area (Å²) in [6.45, 7) is 8.28. The van der Waals surface area contributed by atoms with E-state index in [0.717, 1.165) is 36.9 Å². The Bertz CT molecular complexity index is 1820. The number of likely N-dealkylation sites (tertiary alicyclic amines) is 1. The highest BCUT2D eigenvalue weighted by Crippen LogP contribution is 2.46. The predicted molar refractivity (Wildman–Crippen MR) is 157 cm³/mol. The first-order valence-electron chi connectivity index (χ1n) is 13.9. The highest BCUT2D eigenvalue weighted by atomic mass is 32.1. The highest BCUT2D eigenvalue weighted by Gasteiger charge is 2.32. The molecule has 43 heavy (non-hydrogen) atoms. The number of hydrogen-bond donors (Lipinski definition) is 1. The largest absolute Gasteiger partial charge is 0.459 e. The third-order valence-corrected chi connectivity index (χ3v) is 8.83. The van der Waals surface area contributed by atoms with E-state index in [2.05, 4.69) is 25.2 Å². The molecular formula is C30H30F2N6O4S. The third-order valence-electron chi connectivity index (χ3n) is 7.72. The lowest BCUT2D eigenvalue weighted by molar-refractivity contribution is 0.0636. The number of benzene rings is 1. The van der Waals surface area contributed by atoms with Gasteiger partial charge in [-0.25, -0.2) is 18.6 Å². The van der Waals surface area contributed by atoms with Gasteiger partial charge in [0.05, 0.1) is 35.4 Å². The van der Waals surface area contributed by atoms with E-state index in [0.29, 0.717) is 16.5 Å². The Morgan fingerprint density at radius 1 is 1.26 bits per heavy atom. The van der Waals surface area contributed by atoms with E-state index in [4.69, 9.17) is 14.2 Å². The zero-order chi connectivity index (χ0) is 30.6. The van der Waals surface area contributed by atoms with Gasteiger partial charge in [-0.2, -0.15) is 10.2 Å². The van der Waals surface area contributed by atoms with Crippen molar-refractivity contribution in [2.45, 2.75) is 71.5 Å². The number of thiophene rings is 1. The monoisotopic (exact) mass is 608 g/mol. The van der Waals surface area contributed by atoms with Gasteiger partial charge < -0.3 is 14.2 Å². The van der Waals surface area contributed by atoms with Crippen LogP contribution in [0.1, 0.15) is 57.2 Å². The summed E-state index contributed by atoms with van der Waals surface area (Å²) in [5.41, 5.74) is 0.454. The number of anilines is 1. The van der Waals surface area contributed by atoms with Crippen molar-refractivity contribution >= 4 is 43.4 Å². The number of likely N-dealkylation sites (N-methyl/N-ethyl adjacent to an activating group) is 1. The summed E-state index contributed by atoms with van der Waals surface area (Å²) in [5.74, 6) is -1.43. The summed E-state index contributed by atoms with van der Waals surface area (Å²) in [4.78, 5) is 27.9. The lowest BCUT2D eigenvalue weighted by Crippen LogP contribution is -2.38. The Balaban J connectivity index is 1.50. The van der Waals surface area contributed by atoms with Gasteiger partial charge in [0, 0.05) is 28.6 Å². The number of hydrogen-bond acceptors (Lipinski definition) is 10. The molecule has 3 aromatic heterocycles. The molecule has 6 rings (SSSR count). The van der Waals surface area contributed by atoms with E-state index in [9.17, 15) is 10.1 Å². The van der Waals surface area contributed by atoms with Crippen molar-refractivity contribution in [3.63, 3.8) is 0 Å². The average Bonchev–Trinajstić information content (AvgIpc) is 3.67. The number of nitrogens with one attached hydrogen (secondary N) is 1. The lowest BCUT2D eigenvalue weighted by atomic mass is 9.94. The fraction of sp³-hybridized carbons (Fsp3) is 0.433. The summed E-state index contributed by atoms with van der Waals surface area (Å²) >= 11 is 0.850. The first-order chi connectivity index (χ1) is 20.5. The van der Waals surface area contributed by atoms with Crippen LogP contribution in [0.3, 0.4) is 0 Å². The quantitative estimate of drug-likeness (QED) is 0.278. The number of halogens is 2. The molecule has 2 aliphatic heterocycles. The van der Waals surface area contributed by atoms with Crippen LogP contribution >= 0.6 is 11.3 Å². The molecule has 1 fully saturated rings. The van der Waals surface area contributed by atoms with Crippen molar-refractivity contribution in [2.75, 3.05) is 18.9 Å². The van der Waals surface area contributed by atoms with E-state index < -0.39 is 23.3 Å².